The van der Waals surface area contributed by atoms with Gasteiger partial charge in [0.05, 0.1) is 13.0 Å². The van der Waals surface area contributed by atoms with Gasteiger partial charge >= 0.3 is 5.97 Å². The molecule has 0 radical (unpaired) electrons. The lowest BCUT2D eigenvalue weighted by Gasteiger charge is -2.30. The molecule has 21 heavy (non-hydrogen) atoms. The molecule has 0 unspecified atom stereocenters. The van der Waals surface area contributed by atoms with E-state index in [1.807, 2.05) is 0 Å². The summed E-state index contributed by atoms with van der Waals surface area (Å²) < 4.78 is 5.98. The second kappa shape index (κ2) is 6.51. The number of nitrogens with zero attached hydrogens (tertiary/aromatic N) is 3. The zero-order valence-corrected chi connectivity index (χ0v) is 12.2. The van der Waals surface area contributed by atoms with Crippen LogP contribution >= 0.6 is 0 Å². The minimum atomic E-state index is -0.224. The Bertz CT molecular complexity index is 588. The number of likely N-dealkylation sites (tertiary alicyclic amines) is 1. The molecule has 0 aliphatic carbocycles. The number of hydrogen-bond acceptors (Lipinski definition) is 5. The quantitative estimate of drug-likeness (QED) is 0.748. The highest BCUT2D eigenvalue weighted by atomic mass is 16.5. The maximum Gasteiger partial charge on any atom is 0.308 e. The van der Waals surface area contributed by atoms with Crippen LogP contribution in [0, 0.1) is 5.92 Å². The van der Waals surface area contributed by atoms with Crippen LogP contribution in [-0.4, -0.2) is 46.8 Å². The summed E-state index contributed by atoms with van der Waals surface area (Å²) in [5, 5.41) is 4.06. The molecule has 1 aliphatic heterocycles. The van der Waals surface area contributed by atoms with E-state index in [9.17, 15) is 14.4 Å². The van der Waals surface area contributed by atoms with E-state index in [0.29, 0.717) is 32.5 Å². The topological polar surface area (TPSA) is 81.5 Å². The molecule has 1 aromatic rings. The van der Waals surface area contributed by atoms with Crippen LogP contribution in [0.4, 0.5) is 0 Å². The van der Waals surface area contributed by atoms with Crippen molar-refractivity contribution in [3.63, 3.8) is 0 Å². The fourth-order valence-electron chi connectivity index (χ4n) is 2.44. The van der Waals surface area contributed by atoms with Gasteiger partial charge in [-0.1, -0.05) is 0 Å². The van der Waals surface area contributed by atoms with Gasteiger partial charge in [-0.15, -0.1) is 0 Å². The number of aryl methyl sites for hydroxylation is 1. The zero-order chi connectivity index (χ0) is 15.4. The van der Waals surface area contributed by atoms with Crippen molar-refractivity contribution in [1.29, 1.82) is 0 Å². The molecule has 1 aliphatic rings. The van der Waals surface area contributed by atoms with Gasteiger partial charge in [-0.05, 0) is 25.8 Å². The van der Waals surface area contributed by atoms with Gasteiger partial charge in [0.1, 0.15) is 5.69 Å². The molecule has 0 aromatic carbocycles. The third-order valence-electron chi connectivity index (χ3n) is 3.70. The minimum Gasteiger partial charge on any atom is -0.469 e. The van der Waals surface area contributed by atoms with Gasteiger partial charge in [0.15, 0.2) is 0 Å². The highest BCUT2D eigenvalue weighted by Crippen LogP contribution is 2.19. The molecule has 0 spiro atoms. The number of piperidine rings is 1. The van der Waals surface area contributed by atoms with E-state index in [-0.39, 0.29) is 29.0 Å². The second-order valence-electron chi connectivity index (χ2n) is 4.96. The average Bonchev–Trinajstić information content (AvgIpc) is 2.54. The van der Waals surface area contributed by atoms with Gasteiger partial charge in [0.25, 0.3) is 11.5 Å². The van der Waals surface area contributed by atoms with E-state index < -0.39 is 0 Å². The number of carbonyl (C=O) groups is 2. The van der Waals surface area contributed by atoms with Crippen molar-refractivity contribution >= 4 is 11.9 Å². The van der Waals surface area contributed by atoms with E-state index >= 15 is 0 Å². The summed E-state index contributed by atoms with van der Waals surface area (Å²) in [5.41, 5.74) is 0.0337. The number of amides is 1. The van der Waals surface area contributed by atoms with E-state index in [1.54, 1.807) is 11.8 Å². The summed E-state index contributed by atoms with van der Waals surface area (Å²) in [4.78, 5) is 37.0. The molecule has 0 N–H and O–H groups in total. The molecular weight excluding hydrogens is 274 g/mol. The SMILES string of the molecule is CCn1nc(C(=O)N2CCC(C(=O)OC)CC2)ccc1=O. The Kier molecular flexibility index (Phi) is 4.72. The molecule has 2 heterocycles. The van der Waals surface area contributed by atoms with E-state index in [1.165, 1.54) is 23.9 Å². The summed E-state index contributed by atoms with van der Waals surface area (Å²) >= 11 is 0. The van der Waals surface area contributed by atoms with Crippen molar-refractivity contribution in [2.24, 2.45) is 5.92 Å². The van der Waals surface area contributed by atoms with Crippen molar-refractivity contribution < 1.29 is 14.3 Å². The van der Waals surface area contributed by atoms with Crippen molar-refractivity contribution in [2.45, 2.75) is 26.3 Å². The van der Waals surface area contributed by atoms with Gasteiger partial charge in [0, 0.05) is 25.7 Å². The average molecular weight is 293 g/mol. The van der Waals surface area contributed by atoms with Gasteiger partial charge in [-0.2, -0.15) is 5.10 Å². The molecular formula is C14H19N3O4. The lowest BCUT2D eigenvalue weighted by Crippen LogP contribution is -2.41. The van der Waals surface area contributed by atoms with Crippen LogP contribution in [0.2, 0.25) is 0 Å². The number of aromatic nitrogens is 2. The predicted molar refractivity (Wildman–Crippen MR) is 74.8 cm³/mol. The zero-order valence-electron chi connectivity index (χ0n) is 12.2. The van der Waals surface area contributed by atoms with Crippen LogP contribution < -0.4 is 5.56 Å². The monoisotopic (exact) mass is 293 g/mol. The Labute approximate surface area is 122 Å². The summed E-state index contributed by atoms with van der Waals surface area (Å²) in [5.74, 6) is -0.572. The number of ether oxygens (including phenoxy) is 1. The van der Waals surface area contributed by atoms with Crippen molar-refractivity contribution in [3.8, 4) is 0 Å². The Morgan fingerprint density at radius 1 is 1.33 bits per heavy atom. The van der Waals surface area contributed by atoms with E-state index in [4.69, 9.17) is 4.74 Å². The third kappa shape index (κ3) is 3.29. The Hall–Kier alpha value is -2.18. The molecule has 2 rings (SSSR count). The van der Waals surface area contributed by atoms with Gasteiger partial charge < -0.3 is 9.64 Å². The Morgan fingerprint density at radius 3 is 2.57 bits per heavy atom. The molecule has 0 bridgehead atoms. The number of hydrogen-bond donors (Lipinski definition) is 0. The summed E-state index contributed by atoms with van der Waals surface area (Å²) in [6.07, 6.45) is 1.18. The summed E-state index contributed by atoms with van der Waals surface area (Å²) in [7, 11) is 1.37. The van der Waals surface area contributed by atoms with Gasteiger partial charge in [-0.3, -0.25) is 14.4 Å². The van der Waals surface area contributed by atoms with Crippen LogP contribution in [0.3, 0.4) is 0 Å². The molecule has 1 amide bonds. The fraction of sp³-hybridized carbons (Fsp3) is 0.571. The van der Waals surface area contributed by atoms with Crippen LogP contribution in [-0.2, 0) is 16.1 Å². The second-order valence-corrected chi connectivity index (χ2v) is 4.96. The Balaban J connectivity index is 2.05. The first kappa shape index (κ1) is 15.2. The van der Waals surface area contributed by atoms with Crippen LogP contribution in [0.25, 0.3) is 0 Å². The minimum absolute atomic E-state index is 0.142. The standard InChI is InChI=1S/C14H19N3O4/c1-3-17-12(18)5-4-11(15-17)13(19)16-8-6-10(7-9-16)14(20)21-2/h4-5,10H,3,6-9H2,1-2H3. The summed E-state index contributed by atoms with van der Waals surface area (Å²) in [6.45, 7) is 3.20. The number of carbonyl (C=O) groups excluding carboxylic acids is 2. The predicted octanol–water partition coefficient (Wildman–Crippen LogP) is 0.288. The van der Waals surface area contributed by atoms with E-state index in [0.717, 1.165) is 0 Å². The van der Waals surface area contributed by atoms with Crippen molar-refractivity contribution in [1.82, 2.24) is 14.7 Å². The number of rotatable bonds is 3. The lowest BCUT2D eigenvalue weighted by molar-refractivity contribution is -0.146. The normalized spacial score (nSPS) is 15.8. The molecule has 7 nitrogen and oxygen atoms in total. The first-order chi connectivity index (χ1) is 10.1. The first-order valence-corrected chi connectivity index (χ1v) is 7.02. The molecule has 114 valence electrons. The number of esters is 1. The van der Waals surface area contributed by atoms with Gasteiger partial charge in [0.2, 0.25) is 0 Å². The third-order valence-corrected chi connectivity index (χ3v) is 3.70. The number of methoxy groups -OCH3 is 1. The highest BCUT2D eigenvalue weighted by molar-refractivity contribution is 5.92. The fourth-order valence-corrected chi connectivity index (χ4v) is 2.44. The molecule has 1 aromatic heterocycles. The molecule has 0 saturated carbocycles. The molecule has 1 saturated heterocycles. The van der Waals surface area contributed by atoms with Crippen LogP contribution in [0.15, 0.2) is 16.9 Å². The maximum absolute atomic E-state index is 12.4. The van der Waals surface area contributed by atoms with Crippen LogP contribution in [0.5, 0.6) is 0 Å². The van der Waals surface area contributed by atoms with E-state index in [2.05, 4.69) is 5.10 Å². The highest BCUT2D eigenvalue weighted by Gasteiger charge is 2.28. The first-order valence-electron chi connectivity index (χ1n) is 7.02. The summed E-state index contributed by atoms with van der Waals surface area (Å²) in [6, 6.07) is 2.80. The van der Waals surface area contributed by atoms with Crippen LogP contribution in [0.1, 0.15) is 30.3 Å². The molecule has 7 heteroatoms. The lowest BCUT2D eigenvalue weighted by atomic mass is 9.97. The Morgan fingerprint density at radius 2 is 2.00 bits per heavy atom. The smallest absolute Gasteiger partial charge is 0.308 e. The van der Waals surface area contributed by atoms with Crippen molar-refractivity contribution in [3.05, 3.63) is 28.2 Å². The van der Waals surface area contributed by atoms with Crippen molar-refractivity contribution in [2.75, 3.05) is 20.2 Å². The van der Waals surface area contributed by atoms with Gasteiger partial charge in [-0.25, -0.2) is 4.68 Å². The largest absolute Gasteiger partial charge is 0.469 e. The molecule has 0 atom stereocenters. The maximum atomic E-state index is 12.4. The molecule has 1 fully saturated rings.